The van der Waals surface area contributed by atoms with E-state index in [-0.39, 0.29) is 12.0 Å². The van der Waals surface area contributed by atoms with Gasteiger partial charge in [-0.1, -0.05) is 11.6 Å². The van der Waals surface area contributed by atoms with Crippen molar-refractivity contribution < 1.29 is 9.53 Å². The number of pyridine rings is 1. The van der Waals surface area contributed by atoms with Crippen LogP contribution < -0.4 is 5.73 Å². The van der Waals surface area contributed by atoms with Gasteiger partial charge in [0.1, 0.15) is 5.82 Å². The van der Waals surface area contributed by atoms with Gasteiger partial charge in [0.2, 0.25) is 0 Å². The maximum Gasteiger partial charge on any atom is 0.255 e. The molecule has 0 aromatic carbocycles. The predicted octanol–water partition coefficient (Wildman–Crippen LogP) is 1.57. The molecule has 1 aromatic heterocycles. The molecule has 0 radical (unpaired) electrons. The Morgan fingerprint density at radius 2 is 2.22 bits per heavy atom. The summed E-state index contributed by atoms with van der Waals surface area (Å²) in [7, 11) is 1.70. The second kappa shape index (κ2) is 5.54. The van der Waals surface area contributed by atoms with Crippen LogP contribution in [0.2, 0.25) is 5.02 Å². The first kappa shape index (κ1) is 13.1. The number of hydrogen-bond donors (Lipinski definition) is 1. The number of piperidine rings is 1. The highest BCUT2D eigenvalue weighted by Crippen LogP contribution is 2.21. The number of carbonyl (C=O) groups is 1. The Labute approximate surface area is 111 Å². The fraction of sp³-hybridized carbons (Fsp3) is 0.500. The summed E-state index contributed by atoms with van der Waals surface area (Å²) in [5, 5.41) is 0.336. The smallest absolute Gasteiger partial charge is 0.255 e. The zero-order chi connectivity index (χ0) is 13.1. The van der Waals surface area contributed by atoms with Gasteiger partial charge in [-0.3, -0.25) is 4.79 Å². The summed E-state index contributed by atoms with van der Waals surface area (Å²) in [6.45, 7) is 1.35. The Morgan fingerprint density at radius 3 is 2.83 bits per heavy atom. The van der Waals surface area contributed by atoms with E-state index in [9.17, 15) is 4.79 Å². The van der Waals surface area contributed by atoms with Gasteiger partial charge in [0.15, 0.2) is 0 Å². The number of rotatable bonds is 2. The lowest BCUT2D eigenvalue weighted by Crippen LogP contribution is -2.40. The molecule has 0 atom stereocenters. The van der Waals surface area contributed by atoms with E-state index in [1.165, 1.54) is 12.3 Å². The van der Waals surface area contributed by atoms with Gasteiger partial charge in [-0.25, -0.2) is 4.98 Å². The molecule has 5 nitrogen and oxygen atoms in total. The third-order valence-corrected chi connectivity index (χ3v) is 3.47. The summed E-state index contributed by atoms with van der Waals surface area (Å²) >= 11 is 5.98. The maximum atomic E-state index is 12.3. The summed E-state index contributed by atoms with van der Waals surface area (Å²) in [5.41, 5.74) is 5.99. The van der Waals surface area contributed by atoms with E-state index < -0.39 is 0 Å². The third kappa shape index (κ3) is 2.73. The van der Waals surface area contributed by atoms with Crippen LogP contribution >= 0.6 is 11.6 Å². The van der Waals surface area contributed by atoms with Crippen molar-refractivity contribution in [2.45, 2.75) is 18.9 Å². The van der Waals surface area contributed by atoms with Crippen LogP contribution in [0.4, 0.5) is 5.82 Å². The van der Waals surface area contributed by atoms with Gasteiger partial charge in [0.25, 0.3) is 5.91 Å². The van der Waals surface area contributed by atoms with Crippen LogP contribution in [0.15, 0.2) is 12.3 Å². The number of aromatic nitrogens is 1. The third-order valence-electron chi connectivity index (χ3n) is 3.17. The summed E-state index contributed by atoms with van der Waals surface area (Å²) < 4.78 is 5.27. The van der Waals surface area contributed by atoms with Crippen molar-refractivity contribution in [2.24, 2.45) is 0 Å². The molecular formula is C12H16ClN3O2. The number of carbonyl (C=O) groups excluding carboxylic acids is 1. The molecule has 1 aliphatic heterocycles. The van der Waals surface area contributed by atoms with Gasteiger partial charge in [-0.15, -0.1) is 0 Å². The molecule has 2 heterocycles. The van der Waals surface area contributed by atoms with Crippen LogP contribution in [0.5, 0.6) is 0 Å². The van der Waals surface area contributed by atoms with Crippen molar-refractivity contribution >= 4 is 23.3 Å². The van der Waals surface area contributed by atoms with Crippen LogP contribution in [0.1, 0.15) is 23.2 Å². The number of nitrogens with two attached hydrogens (primary N) is 1. The van der Waals surface area contributed by atoms with E-state index in [0.29, 0.717) is 29.5 Å². The number of likely N-dealkylation sites (tertiary alicyclic amines) is 1. The molecule has 0 saturated carbocycles. The molecule has 0 aliphatic carbocycles. The number of nitrogen functional groups attached to an aromatic ring is 1. The minimum absolute atomic E-state index is 0.0938. The first-order valence-corrected chi connectivity index (χ1v) is 6.22. The predicted molar refractivity (Wildman–Crippen MR) is 69.6 cm³/mol. The molecule has 0 unspecified atom stereocenters. The first-order valence-electron chi connectivity index (χ1n) is 5.85. The van der Waals surface area contributed by atoms with E-state index >= 15 is 0 Å². The quantitative estimate of drug-likeness (QED) is 0.885. The van der Waals surface area contributed by atoms with Crippen molar-refractivity contribution in [3.05, 3.63) is 22.8 Å². The van der Waals surface area contributed by atoms with Crippen molar-refractivity contribution in [3.8, 4) is 0 Å². The van der Waals surface area contributed by atoms with Crippen molar-refractivity contribution in [1.29, 1.82) is 0 Å². The fourth-order valence-electron chi connectivity index (χ4n) is 2.08. The number of hydrogen-bond acceptors (Lipinski definition) is 4. The topological polar surface area (TPSA) is 68.5 Å². The number of ether oxygens (including phenoxy) is 1. The minimum Gasteiger partial charge on any atom is -0.384 e. The highest BCUT2D eigenvalue weighted by Gasteiger charge is 2.24. The number of methoxy groups -OCH3 is 1. The number of amides is 1. The van der Waals surface area contributed by atoms with Gasteiger partial charge in [0, 0.05) is 26.4 Å². The highest BCUT2D eigenvalue weighted by atomic mass is 35.5. The Morgan fingerprint density at radius 1 is 1.56 bits per heavy atom. The van der Waals surface area contributed by atoms with Crippen molar-refractivity contribution in [3.63, 3.8) is 0 Å². The molecule has 2 rings (SSSR count). The number of halogens is 1. The Bertz CT molecular complexity index is 445. The standard InChI is InChI=1S/C12H16ClN3O2/c1-18-8-2-4-16(5-3-8)12(17)9-6-11(14)15-7-10(9)13/h6-8H,2-5H2,1H3,(H2,14,15). The van der Waals surface area contributed by atoms with Crippen LogP contribution in [-0.2, 0) is 4.74 Å². The zero-order valence-corrected chi connectivity index (χ0v) is 11.0. The average Bonchev–Trinajstić information content (AvgIpc) is 2.41. The van der Waals surface area contributed by atoms with Crippen molar-refractivity contribution in [2.75, 3.05) is 25.9 Å². The second-order valence-corrected chi connectivity index (χ2v) is 4.72. The van der Waals surface area contributed by atoms with Crippen LogP contribution in [0.25, 0.3) is 0 Å². The molecule has 1 amide bonds. The van der Waals surface area contributed by atoms with Gasteiger partial charge < -0.3 is 15.4 Å². The Hall–Kier alpha value is -1.33. The van der Waals surface area contributed by atoms with Gasteiger partial charge in [-0.05, 0) is 18.9 Å². The maximum absolute atomic E-state index is 12.3. The van der Waals surface area contributed by atoms with Crippen molar-refractivity contribution in [1.82, 2.24) is 9.88 Å². The Balaban J connectivity index is 2.10. The van der Waals surface area contributed by atoms with E-state index in [1.54, 1.807) is 12.0 Å². The van der Waals surface area contributed by atoms with E-state index in [2.05, 4.69) is 4.98 Å². The van der Waals surface area contributed by atoms with E-state index in [4.69, 9.17) is 22.1 Å². The highest BCUT2D eigenvalue weighted by molar-refractivity contribution is 6.33. The minimum atomic E-state index is -0.0938. The summed E-state index contributed by atoms with van der Waals surface area (Å²) in [4.78, 5) is 17.9. The molecule has 1 aromatic rings. The monoisotopic (exact) mass is 269 g/mol. The summed E-state index contributed by atoms with van der Waals surface area (Å²) in [5.74, 6) is 0.207. The molecule has 98 valence electrons. The van der Waals surface area contributed by atoms with Crippen LogP contribution in [0.3, 0.4) is 0 Å². The normalized spacial score (nSPS) is 16.9. The number of nitrogens with zero attached hydrogens (tertiary/aromatic N) is 2. The molecular weight excluding hydrogens is 254 g/mol. The summed E-state index contributed by atoms with van der Waals surface area (Å²) in [6, 6.07) is 1.52. The Kier molecular flexibility index (Phi) is 4.04. The molecule has 1 aliphatic rings. The van der Waals surface area contributed by atoms with Gasteiger partial charge >= 0.3 is 0 Å². The SMILES string of the molecule is COC1CCN(C(=O)c2cc(N)ncc2Cl)CC1. The molecule has 6 heteroatoms. The average molecular weight is 270 g/mol. The molecule has 1 fully saturated rings. The van der Waals surface area contributed by atoms with E-state index in [1.807, 2.05) is 0 Å². The van der Waals surface area contributed by atoms with Crippen LogP contribution in [0, 0.1) is 0 Å². The van der Waals surface area contributed by atoms with Gasteiger partial charge in [0.05, 0.1) is 16.7 Å². The lowest BCUT2D eigenvalue weighted by molar-refractivity contribution is 0.0351. The largest absolute Gasteiger partial charge is 0.384 e. The van der Waals surface area contributed by atoms with E-state index in [0.717, 1.165) is 12.8 Å². The molecule has 0 spiro atoms. The van der Waals surface area contributed by atoms with Gasteiger partial charge in [-0.2, -0.15) is 0 Å². The molecule has 2 N–H and O–H groups in total. The fourth-order valence-corrected chi connectivity index (χ4v) is 2.27. The molecule has 0 bridgehead atoms. The summed E-state index contributed by atoms with van der Waals surface area (Å²) in [6.07, 6.45) is 3.35. The number of anilines is 1. The second-order valence-electron chi connectivity index (χ2n) is 4.32. The van der Waals surface area contributed by atoms with Crippen LogP contribution in [-0.4, -0.2) is 42.1 Å². The lowest BCUT2D eigenvalue weighted by atomic mass is 10.1. The lowest BCUT2D eigenvalue weighted by Gasteiger charge is -2.31. The zero-order valence-electron chi connectivity index (χ0n) is 10.2. The molecule has 1 saturated heterocycles. The molecule has 18 heavy (non-hydrogen) atoms. The first-order chi connectivity index (χ1) is 8.61.